The molecule has 1 nitrogen and oxygen atoms in total. The molecule has 1 aromatic carbocycles. The van der Waals surface area contributed by atoms with Gasteiger partial charge < -0.3 is 5.32 Å². The van der Waals surface area contributed by atoms with E-state index in [0.717, 1.165) is 0 Å². The topological polar surface area (TPSA) is 12.0 Å². The molecule has 0 bridgehead atoms. The lowest BCUT2D eigenvalue weighted by molar-refractivity contribution is 0.578. The van der Waals surface area contributed by atoms with Crippen molar-refractivity contribution in [2.24, 2.45) is 0 Å². The number of unbranched alkanes of at least 4 members (excludes halogenated alkanes) is 4. The number of nitrogens with one attached hydrogen (secondary N) is 1. The molecule has 0 radical (unpaired) electrons. The van der Waals surface area contributed by atoms with Crippen LogP contribution in [0.4, 0.5) is 5.69 Å². The molecule has 0 saturated heterocycles. The van der Waals surface area contributed by atoms with E-state index in [9.17, 15) is 0 Å². The van der Waals surface area contributed by atoms with Crippen LogP contribution in [0.2, 0.25) is 0 Å². The van der Waals surface area contributed by atoms with Crippen molar-refractivity contribution in [3.05, 3.63) is 29.3 Å². The van der Waals surface area contributed by atoms with Gasteiger partial charge in [0.1, 0.15) is 0 Å². The Morgan fingerprint density at radius 2 is 1.78 bits per heavy atom. The van der Waals surface area contributed by atoms with Gasteiger partial charge in [-0.2, -0.15) is 0 Å². The minimum absolute atomic E-state index is 0.576. The molecule has 0 fully saturated rings. The minimum Gasteiger partial charge on any atom is -0.382 e. The number of hydrogen-bond acceptors (Lipinski definition) is 1. The second kappa shape index (κ2) is 8.18. The Morgan fingerprint density at radius 3 is 2.50 bits per heavy atom. The fourth-order valence-corrected chi connectivity index (χ4v) is 2.30. The quantitative estimate of drug-likeness (QED) is 0.601. The number of hydrogen-bond donors (Lipinski definition) is 1. The van der Waals surface area contributed by atoms with Gasteiger partial charge in [0, 0.05) is 11.7 Å². The summed E-state index contributed by atoms with van der Waals surface area (Å²) in [6.45, 7) is 8.94. The predicted molar refractivity (Wildman–Crippen MR) is 82.4 cm³/mol. The van der Waals surface area contributed by atoms with Gasteiger partial charge in [0.05, 0.1) is 0 Å². The van der Waals surface area contributed by atoms with Gasteiger partial charge in [0.15, 0.2) is 0 Å². The molecule has 0 saturated carbocycles. The van der Waals surface area contributed by atoms with Gasteiger partial charge in [-0.1, -0.05) is 51.2 Å². The molecular formula is C17H29N. The summed E-state index contributed by atoms with van der Waals surface area (Å²) in [5, 5.41) is 3.64. The monoisotopic (exact) mass is 247 g/mol. The van der Waals surface area contributed by atoms with Crippen LogP contribution in [0.25, 0.3) is 0 Å². The number of anilines is 1. The summed E-state index contributed by atoms with van der Waals surface area (Å²) in [5.74, 6) is 0. The smallest absolute Gasteiger partial charge is 0.0374 e. The van der Waals surface area contributed by atoms with Gasteiger partial charge in [-0.25, -0.2) is 0 Å². The van der Waals surface area contributed by atoms with E-state index in [1.807, 2.05) is 0 Å². The van der Waals surface area contributed by atoms with Crippen LogP contribution in [0.1, 0.15) is 63.5 Å². The predicted octanol–water partition coefficient (Wildman–Crippen LogP) is 5.46. The standard InChI is InChI=1S/C17H29N/c1-5-6-7-8-9-12-15(3)18-17-13-10-11-14(2)16(17)4/h10-11,13,15,18H,5-9,12H2,1-4H3. The van der Waals surface area contributed by atoms with Crippen LogP contribution in [0.3, 0.4) is 0 Å². The Kier molecular flexibility index (Phi) is 6.85. The maximum Gasteiger partial charge on any atom is 0.0374 e. The molecule has 0 aliphatic rings. The van der Waals surface area contributed by atoms with Crippen LogP contribution in [0, 0.1) is 13.8 Å². The van der Waals surface area contributed by atoms with Crippen LogP contribution >= 0.6 is 0 Å². The Balaban J connectivity index is 2.31. The molecule has 18 heavy (non-hydrogen) atoms. The van der Waals surface area contributed by atoms with Gasteiger partial charge >= 0.3 is 0 Å². The summed E-state index contributed by atoms with van der Waals surface area (Å²) in [6.07, 6.45) is 8.12. The van der Waals surface area contributed by atoms with Crippen LogP contribution in [0.15, 0.2) is 18.2 Å². The first-order valence-electron chi connectivity index (χ1n) is 7.48. The van der Waals surface area contributed by atoms with Crippen molar-refractivity contribution in [3.63, 3.8) is 0 Å². The summed E-state index contributed by atoms with van der Waals surface area (Å²) in [5.41, 5.74) is 4.06. The first kappa shape index (κ1) is 15.1. The fraction of sp³-hybridized carbons (Fsp3) is 0.647. The highest BCUT2D eigenvalue weighted by atomic mass is 14.9. The molecule has 0 aliphatic carbocycles. The molecule has 0 heterocycles. The molecule has 102 valence electrons. The molecule has 1 unspecified atom stereocenters. The third-order valence-electron chi connectivity index (χ3n) is 3.75. The van der Waals surface area contributed by atoms with Crippen LogP contribution in [0.5, 0.6) is 0 Å². The molecule has 1 N–H and O–H groups in total. The van der Waals surface area contributed by atoms with Crippen molar-refractivity contribution in [1.82, 2.24) is 0 Å². The van der Waals surface area contributed by atoms with E-state index in [4.69, 9.17) is 0 Å². The second-order valence-corrected chi connectivity index (χ2v) is 5.50. The zero-order valence-corrected chi connectivity index (χ0v) is 12.6. The summed E-state index contributed by atoms with van der Waals surface area (Å²) in [6, 6.07) is 7.08. The van der Waals surface area contributed by atoms with Crippen LogP contribution in [-0.2, 0) is 0 Å². The Hall–Kier alpha value is -0.980. The van der Waals surface area contributed by atoms with Crippen LogP contribution in [-0.4, -0.2) is 6.04 Å². The molecular weight excluding hydrogens is 218 g/mol. The minimum atomic E-state index is 0.576. The molecule has 0 aromatic heterocycles. The van der Waals surface area contributed by atoms with E-state index >= 15 is 0 Å². The summed E-state index contributed by atoms with van der Waals surface area (Å²) >= 11 is 0. The third-order valence-corrected chi connectivity index (χ3v) is 3.75. The van der Waals surface area contributed by atoms with Gasteiger partial charge in [0.2, 0.25) is 0 Å². The maximum absolute atomic E-state index is 3.64. The number of rotatable bonds is 8. The van der Waals surface area contributed by atoms with E-state index in [1.54, 1.807) is 0 Å². The van der Waals surface area contributed by atoms with E-state index < -0.39 is 0 Å². The number of benzene rings is 1. The van der Waals surface area contributed by atoms with E-state index in [1.165, 1.54) is 55.3 Å². The normalized spacial score (nSPS) is 12.4. The fourth-order valence-electron chi connectivity index (χ4n) is 2.30. The summed E-state index contributed by atoms with van der Waals surface area (Å²) < 4.78 is 0. The lowest BCUT2D eigenvalue weighted by Crippen LogP contribution is -2.15. The van der Waals surface area contributed by atoms with Crippen molar-refractivity contribution in [2.75, 3.05) is 5.32 Å². The highest BCUT2D eigenvalue weighted by Gasteiger charge is 2.05. The lowest BCUT2D eigenvalue weighted by Gasteiger charge is -2.18. The van der Waals surface area contributed by atoms with Crippen LogP contribution < -0.4 is 5.32 Å². The van der Waals surface area contributed by atoms with Crippen molar-refractivity contribution >= 4 is 5.69 Å². The summed E-state index contributed by atoms with van der Waals surface area (Å²) in [4.78, 5) is 0. The maximum atomic E-state index is 3.64. The molecule has 0 amide bonds. The highest BCUT2D eigenvalue weighted by molar-refractivity contribution is 5.54. The average molecular weight is 247 g/mol. The van der Waals surface area contributed by atoms with Crippen molar-refractivity contribution in [2.45, 2.75) is 72.3 Å². The Labute approximate surface area is 113 Å². The zero-order chi connectivity index (χ0) is 13.4. The number of aryl methyl sites for hydroxylation is 1. The van der Waals surface area contributed by atoms with Crippen molar-refractivity contribution in [1.29, 1.82) is 0 Å². The van der Waals surface area contributed by atoms with Gasteiger partial charge in [-0.05, 0) is 44.4 Å². The van der Waals surface area contributed by atoms with Gasteiger partial charge in [-0.15, -0.1) is 0 Å². The zero-order valence-electron chi connectivity index (χ0n) is 12.6. The molecule has 0 spiro atoms. The second-order valence-electron chi connectivity index (χ2n) is 5.50. The molecule has 1 aromatic rings. The highest BCUT2D eigenvalue weighted by Crippen LogP contribution is 2.20. The van der Waals surface area contributed by atoms with E-state index in [0.29, 0.717) is 6.04 Å². The third kappa shape index (κ3) is 5.12. The van der Waals surface area contributed by atoms with Gasteiger partial charge in [-0.3, -0.25) is 0 Å². The Bertz CT molecular complexity index is 343. The van der Waals surface area contributed by atoms with Crippen molar-refractivity contribution < 1.29 is 0 Å². The molecule has 1 rings (SSSR count). The van der Waals surface area contributed by atoms with E-state index in [2.05, 4.69) is 51.2 Å². The van der Waals surface area contributed by atoms with Gasteiger partial charge in [0.25, 0.3) is 0 Å². The van der Waals surface area contributed by atoms with Crippen molar-refractivity contribution in [3.8, 4) is 0 Å². The largest absolute Gasteiger partial charge is 0.382 e. The Morgan fingerprint density at radius 1 is 1.06 bits per heavy atom. The van der Waals surface area contributed by atoms with E-state index in [-0.39, 0.29) is 0 Å². The molecule has 0 aliphatic heterocycles. The molecule has 1 heteroatoms. The SMILES string of the molecule is CCCCCCCC(C)Nc1cccc(C)c1C. The first-order chi connectivity index (χ1) is 8.65. The average Bonchev–Trinajstić information content (AvgIpc) is 2.35. The lowest BCUT2D eigenvalue weighted by atomic mass is 10.0. The summed E-state index contributed by atoms with van der Waals surface area (Å²) in [7, 11) is 0. The molecule has 1 atom stereocenters. The first-order valence-corrected chi connectivity index (χ1v) is 7.48.